The Morgan fingerprint density at radius 1 is 0.774 bits per heavy atom. The van der Waals surface area contributed by atoms with Crippen molar-refractivity contribution >= 4 is 0 Å². The molecule has 2 unspecified atom stereocenters. The van der Waals surface area contributed by atoms with Gasteiger partial charge in [-0.15, -0.1) is 37.1 Å². The molecule has 0 bridgehead atoms. The van der Waals surface area contributed by atoms with E-state index in [0.717, 1.165) is 11.8 Å². The minimum atomic E-state index is 0. The Hall–Kier alpha value is -0.417. The van der Waals surface area contributed by atoms with Crippen molar-refractivity contribution in [3.05, 3.63) is 66.4 Å². The van der Waals surface area contributed by atoms with Crippen molar-refractivity contribution in [3.8, 4) is 0 Å². The molecule has 31 heavy (non-hydrogen) atoms. The molecule has 0 spiro atoms. The van der Waals surface area contributed by atoms with Gasteiger partial charge in [0.1, 0.15) is 0 Å². The number of hydrogen-bond donors (Lipinski definition) is 0. The van der Waals surface area contributed by atoms with Crippen LogP contribution < -0.4 is 0 Å². The van der Waals surface area contributed by atoms with Gasteiger partial charge >= 0.3 is 26.2 Å². The van der Waals surface area contributed by atoms with Gasteiger partial charge in [-0.3, -0.25) is 0 Å². The average molecular weight is 499 g/mol. The number of rotatable bonds is 8. The second kappa shape index (κ2) is 18.1. The molecule has 2 atom stereocenters. The normalized spacial score (nSPS) is 22.3. The summed E-state index contributed by atoms with van der Waals surface area (Å²) in [6.07, 6.45) is 37.4. The summed E-state index contributed by atoms with van der Waals surface area (Å²) in [5.74, 6) is 3.36. The molecule has 0 aromatic rings. The molecule has 4 rings (SSSR count). The van der Waals surface area contributed by atoms with Crippen molar-refractivity contribution < 1.29 is 26.2 Å². The van der Waals surface area contributed by atoms with Gasteiger partial charge in [0.15, 0.2) is 0 Å². The summed E-state index contributed by atoms with van der Waals surface area (Å²) in [5.41, 5.74) is 3.16. The zero-order valence-corrected chi connectivity index (χ0v) is 23.1. The standard InChI is InChI=1S/C12H25.2C9H11.Zr/c1-4-5-6-7-8-9-10-11-12(2)3;2*1-2-5-9-7-3-6-8(9)4-1;/h4-11H2,1-3H3;2*1-2,4,6,9H,3,5,7H2;/q3*-1;+3. The van der Waals surface area contributed by atoms with Crippen LogP contribution in [-0.2, 0) is 26.2 Å². The Balaban J connectivity index is 0.000000231. The van der Waals surface area contributed by atoms with Gasteiger partial charge in [-0.25, -0.2) is 36.1 Å². The second-order valence-corrected chi connectivity index (χ2v) is 9.70. The van der Waals surface area contributed by atoms with E-state index in [1.165, 1.54) is 89.9 Å². The van der Waals surface area contributed by atoms with E-state index in [9.17, 15) is 0 Å². The van der Waals surface area contributed by atoms with Gasteiger partial charge in [0.2, 0.25) is 0 Å². The molecule has 171 valence electrons. The average Bonchev–Trinajstić information content (AvgIpc) is 3.43. The molecule has 0 heterocycles. The van der Waals surface area contributed by atoms with Crippen LogP contribution in [0.3, 0.4) is 0 Å². The topological polar surface area (TPSA) is 0 Å². The summed E-state index contributed by atoms with van der Waals surface area (Å²) >= 11 is 0. The maximum Gasteiger partial charge on any atom is 3.00 e. The summed E-state index contributed by atoms with van der Waals surface area (Å²) in [4.78, 5) is 0. The van der Waals surface area contributed by atoms with Crippen molar-refractivity contribution in [2.45, 2.75) is 111 Å². The second-order valence-electron chi connectivity index (χ2n) is 9.70. The van der Waals surface area contributed by atoms with E-state index in [2.05, 4.69) is 70.1 Å². The summed E-state index contributed by atoms with van der Waals surface area (Å²) in [6, 6.07) is 0. The summed E-state index contributed by atoms with van der Waals surface area (Å²) in [6.45, 7) is 6.74. The minimum Gasteiger partial charge on any atom is -0.320 e. The molecule has 0 N–H and O–H groups in total. The van der Waals surface area contributed by atoms with Crippen molar-refractivity contribution in [3.63, 3.8) is 0 Å². The van der Waals surface area contributed by atoms with Crippen molar-refractivity contribution in [2.75, 3.05) is 0 Å². The first kappa shape index (κ1) is 28.6. The minimum absolute atomic E-state index is 0. The third-order valence-electron chi connectivity index (χ3n) is 6.70. The van der Waals surface area contributed by atoms with Crippen LogP contribution in [0.15, 0.2) is 47.6 Å². The fourth-order valence-corrected chi connectivity index (χ4v) is 4.76. The summed E-state index contributed by atoms with van der Waals surface area (Å²) < 4.78 is 0. The van der Waals surface area contributed by atoms with E-state index in [1.54, 1.807) is 17.1 Å². The zero-order valence-electron chi connectivity index (χ0n) is 20.7. The van der Waals surface area contributed by atoms with E-state index < -0.39 is 0 Å². The van der Waals surface area contributed by atoms with Gasteiger partial charge in [-0.1, -0.05) is 64.7 Å². The van der Waals surface area contributed by atoms with Crippen LogP contribution in [0.2, 0.25) is 0 Å². The van der Waals surface area contributed by atoms with Crippen LogP contribution in [0, 0.1) is 30.6 Å². The molecule has 0 aromatic heterocycles. The third kappa shape index (κ3) is 12.4. The Labute approximate surface area is 214 Å². The summed E-state index contributed by atoms with van der Waals surface area (Å²) in [7, 11) is 0. The molecule has 0 amide bonds. The van der Waals surface area contributed by atoms with Crippen LogP contribution >= 0.6 is 0 Å². The predicted molar refractivity (Wildman–Crippen MR) is 135 cm³/mol. The molecule has 4 aliphatic carbocycles. The number of allylic oxidation sites excluding steroid dienone is 8. The van der Waals surface area contributed by atoms with Crippen LogP contribution in [0.5, 0.6) is 0 Å². The smallest absolute Gasteiger partial charge is 0.320 e. The van der Waals surface area contributed by atoms with Gasteiger partial charge in [-0.05, 0) is 24.7 Å². The maximum atomic E-state index is 2.37. The first-order chi connectivity index (χ1) is 14.7. The molecule has 1 heteroatoms. The Kier molecular flexibility index (Phi) is 16.7. The number of fused-ring (bicyclic) bond motifs is 2. The van der Waals surface area contributed by atoms with Gasteiger partial charge < -0.3 is 5.92 Å². The number of hydrogen-bond acceptors (Lipinski definition) is 0. The van der Waals surface area contributed by atoms with Gasteiger partial charge in [0.05, 0.1) is 0 Å². The van der Waals surface area contributed by atoms with Crippen LogP contribution in [0.1, 0.15) is 111 Å². The monoisotopic (exact) mass is 497 g/mol. The molecule has 4 aliphatic rings. The van der Waals surface area contributed by atoms with Crippen LogP contribution in [0.25, 0.3) is 0 Å². The molecule has 1 radical (unpaired) electrons. The van der Waals surface area contributed by atoms with Crippen LogP contribution in [-0.4, -0.2) is 0 Å². The van der Waals surface area contributed by atoms with Crippen LogP contribution in [0.4, 0.5) is 0 Å². The number of unbranched alkanes of at least 4 members (excludes halogenated alkanes) is 6. The van der Waals surface area contributed by atoms with Gasteiger partial charge in [-0.2, -0.15) is 20.3 Å². The Bertz CT molecular complexity index is 523. The fourth-order valence-electron chi connectivity index (χ4n) is 4.76. The zero-order chi connectivity index (χ0) is 21.4. The SMILES string of the molecule is C1=CCC2CC[CH-]C2=C1.C1=CCC2CC[CH-]C2=C1.CCCCCCCCC[C-](C)C.[Zr+3]. The van der Waals surface area contributed by atoms with E-state index >= 15 is 0 Å². The molecule has 0 aliphatic heterocycles. The van der Waals surface area contributed by atoms with Gasteiger partial charge in [0.25, 0.3) is 0 Å². The molecular weight excluding hydrogens is 452 g/mol. The van der Waals surface area contributed by atoms with Crippen molar-refractivity contribution in [1.82, 2.24) is 0 Å². The predicted octanol–water partition coefficient (Wildman–Crippen LogP) is 9.71. The first-order valence-electron chi connectivity index (χ1n) is 12.9. The Morgan fingerprint density at radius 3 is 1.71 bits per heavy atom. The molecule has 0 aromatic carbocycles. The van der Waals surface area contributed by atoms with Crippen molar-refractivity contribution in [1.29, 1.82) is 0 Å². The maximum absolute atomic E-state index is 2.37. The molecule has 0 nitrogen and oxygen atoms in total. The van der Waals surface area contributed by atoms with E-state index in [0.29, 0.717) is 0 Å². The molecular formula is C30H47Zr. The summed E-state index contributed by atoms with van der Waals surface area (Å²) in [5, 5.41) is 0. The van der Waals surface area contributed by atoms with E-state index in [-0.39, 0.29) is 26.2 Å². The fraction of sp³-hybridized carbons (Fsp3) is 0.633. The largest absolute Gasteiger partial charge is 3.00 e. The van der Waals surface area contributed by atoms with E-state index in [4.69, 9.17) is 0 Å². The van der Waals surface area contributed by atoms with Crippen molar-refractivity contribution in [2.24, 2.45) is 11.8 Å². The first-order valence-corrected chi connectivity index (χ1v) is 12.9. The van der Waals surface area contributed by atoms with Gasteiger partial charge in [0, 0.05) is 0 Å². The molecule has 2 fully saturated rings. The quantitative estimate of drug-likeness (QED) is 0.231. The Morgan fingerprint density at radius 2 is 1.26 bits per heavy atom. The molecule has 2 saturated carbocycles. The van der Waals surface area contributed by atoms with E-state index in [1.807, 2.05) is 0 Å². The third-order valence-corrected chi connectivity index (χ3v) is 6.70. The molecule has 0 saturated heterocycles.